The summed E-state index contributed by atoms with van der Waals surface area (Å²) in [5.74, 6) is 0.588. The second kappa shape index (κ2) is 15.0. The molecule has 1 fully saturated rings. The molecule has 1 saturated heterocycles. The molecular weight excluding hydrogens is 464 g/mol. The highest BCUT2D eigenvalue weighted by atomic mass is 33.1. The van der Waals surface area contributed by atoms with Crippen molar-refractivity contribution < 1.29 is 19.1 Å². The summed E-state index contributed by atoms with van der Waals surface area (Å²) < 4.78 is 5.56. The molecule has 0 spiro atoms. The van der Waals surface area contributed by atoms with E-state index in [1.165, 1.54) is 9.80 Å². The molecule has 2 rings (SSSR count). The molecule has 1 heterocycles. The third-order valence-electron chi connectivity index (χ3n) is 4.95. The summed E-state index contributed by atoms with van der Waals surface area (Å²) >= 11 is 0. The first kappa shape index (κ1) is 27.3. The standard InChI is InChI=1S/C21H34N6O4S2/c22-18(28)14-26-11-13-33-32-12-5-10-27(17(19(26)29)8-4-9-25-20(23)24)21(30)31-15-16-6-2-1-3-7-16/h1-3,6-7,17,20,25H,4-5,8-15,23-24H2,(H2,22,28). The van der Waals surface area contributed by atoms with Crippen molar-refractivity contribution in [3.63, 3.8) is 0 Å². The van der Waals surface area contributed by atoms with Crippen molar-refractivity contribution in [3.8, 4) is 0 Å². The van der Waals surface area contributed by atoms with E-state index < -0.39 is 24.3 Å². The number of nitrogens with one attached hydrogen (secondary N) is 1. The maximum Gasteiger partial charge on any atom is 0.410 e. The Kier molecular flexibility index (Phi) is 12.4. The molecule has 0 aromatic heterocycles. The van der Waals surface area contributed by atoms with Crippen molar-refractivity contribution in [2.24, 2.45) is 17.2 Å². The van der Waals surface area contributed by atoms with Crippen LogP contribution in [0.25, 0.3) is 0 Å². The van der Waals surface area contributed by atoms with Crippen molar-refractivity contribution >= 4 is 39.5 Å². The number of amides is 3. The van der Waals surface area contributed by atoms with Gasteiger partial charge in [0.25, 0.3) is 0 Å². The maximum atomic E-state index is 13.5. The summed E-state index contributed by atoms with van der Waals surface area (Å²) in [6.45, 7) is 1.13. The smallest absolute Gasteiger partial charge is 0.410 e. The van der Waals surface area contributed by atoms with Gasteiger partial charge in [0.15, 0.2) is 0 Å². The SMILES string of the molecule is NC(=O)CN1CCSSCCCN(C(=O)OCc2ccccc2)C(CCCNC(N)N)C1=O. The summed E-state index contributed by atoms with van der Waals surface area (Å²) in [6, 6.07) is 8.58. The number of hydrogen-bond acceptors (Lipinski definition) is 9. The highest BCUT2D eigenvalue weighted by Crippen LogP contribution is 2.24. The average Bonchev–Trinajstić information content (AvgIpc) is 2.81. The molecule has 1 aliphatic rings. The molecule has 12 heteroatoms. The zero-order valence-corrected chi connectivity index (χ0v) is 20.3. The zero-order chi connectivity index (χ0) is 24.1. The van der Waals surface area contributed by atoms with Crippen LogP contribution in [0, 0.1) is 0 Å². The van der Waals surface area contributed by atoms with Crippen LogP contribution in [0.15, 0.2) is 30.3 Å². The minimum atomic E-state index is -0.781. The van der Waals surface area contributed by atoms with Gasteiger partial charge in [0, 0.05) is 24.6 Å². The van der Waals surface area contributed by atoms with Crippen LogP contribution in [-0.2, 0) is 20.9 Å². The summed E-state index contributed by atoms with van der Waals surface area (Å²) in [6.07, 6.45) is 0.410. The monoisotopic (exact) mass is 498 g/mol. The van der Waals surface area contributed by atoms with Gasteiger partial charge in [-0.15, -0.1) is 0 Å². The van der Waals surface area contributed by atoms with Crippen molar-refractivity contribution in [1.82, 2.24) is 15.1 Å². The van der Waals surface area contributed by atoms with Crippen molar-refractivity contribution in [2.75, 3.05) is 37.7 Å². The lowest BCUT2D eigenvalue weighted by atomic mass is 10.1. The third-order valence-corrected chi connectivity index (χ3v) is 7.42. The summed E-state index contributed by atoms with van der Waals surface area (Å²) in [5, 5.41) is 2.91. The summed E-state index contributed by atoms with van der Waals surface area (Å²) in [7, 11) is 3.31. The van der Waals surface area contributed by atoms with Gasteiger partial charge in [-0.25, -0.2) is 4.79 Å². The molecule has 184 valence electrons. The first-order valence-corrected chi connectivity index (χ1v) is 13.4. The van der Waals surface area contributed by atoms with E-state index in [1.54, 1.807) is 21.6 Å². The van der Waals surface area contributed by atoms with Gasteiger partial charge in [0.05, 0.1) is 6.54 Å². The molecule has 1 unspecified atom stereocenters. The number of ether oxygens (including phenoxy) is 1. The highest BCUT2D eigenvalue weighted by molar-refractivity contribution is 8.76. The molecule has 0 radical (unpaired) electrons. The van der Waals surface area contributed by atoms with Crippen LogP contribution in [0.3, 0.4) is 0 Å². The lowest BCUT2D eigenvalue weighted by molar-refractivity contribution is -0.139. The highest BCUT2D eigenvalue weighted by Gasteiger charge is 2.34. The predicted octanol–water partition coefficient (Wildman–Crippen LogP) is 0.664. The van der Waals surface area contributed by atoms with Crippen LogP contribution >= 0.6 is 21.6 Å². The van der Waals surface area contributed by atoms with E-state index in [-0.39, 0.29) is 19.1 Å². The van der Waals surface area contributed by atoms with E-state index in [0.717, 1.165) is 11.3 Å². The summed E-state index contributed by atoms with van der Waals surface area (Å²) in [5.41, 5.74) is 17.3. The van der Waals surface area contributed by atoms with Crippen LogP contribution in [0.1, 0.15) is 24.8 Å². The first-order chi connectivity index (χ1) is 15.9. The number of nitrogens with two attached hydrogens (primary N) is 3. The molecule has 1 aliphatic heterocycles. The Morgan fingerprint density at radius 1 is 1.15 bits per heavy atom. The molecule has 33 heavy (non-hydrogen) atoms. The van der Waals surface area contributed by atoms with Gasteiger partial charge in [-0.05, 0) is 31.4 Å². The van der Waals surface area contributed by atoms with E-state index in [0.29, 0.717) is 44.6 Å². The van der Waals surface area contributed by atoms with Crippen LogP contribution in [0.4, 0.5) is 4.79 Å². The Morgan fingerprint density at radius 3 is 2.58 bits per heavy atom. The fourth-order valence-electron chi connectivity index (χ4n) is 3.38. The molecule has 10 nitrogen and oxygen atoms in total. The minimum Gasteiger partial charge on any atom is -0.445 e. The lowest BCUT2D eigenvalue weighted by Gasteiger charge is -2.33. The van der Waals surface area contributed by atoms with Crippen molar-refractivity contribution in [1.29, 1.82) is 0 Å². The predicted molar refractivity (Wildman–Crippen MR) is 132 cm³/mol. The molecule has 0 saturated carbocycles. The van der Waals surface area contributed by atoms with Gasteiger partial charge >= 0.3 is 6.09 Å². The quantitative estimate of drug-likeness (QED) is 0.218. The van der Waals surface area contributed by atoms with Crippen LogP contribution in [-0.4, -0.2) is 77.7 Å². The topological polar surface area (TPSA) is 157 Å². The Bertz CT molecular complexity index is 756. The number of nitrogens with zero attached hydrogens (tertiary/aromatic N) is 2. The van der Waals surface area contributed by atoms with Gasteiger partial charge in [-0.1, -0.05) is 51.9 Å². The normalized spacial score (nSPS) is 18.2. The molecule has 1 aromatic carbocycles. The van der Waals surface area contributed by atoms with Gasteiger partial charge in [0.1, 0.15) is 18.9 Å². The Hall–Kier alpha value is -1.99. The Balaban J connectivity index is 2.21. The number of hydrogen-bond donors (Lipinski definition) is 4. The number of carbonyl (C=O) groups is 3. The van der Waals surface area contributed by atoms with Crippen LogP contribution in [0.5, 0.6) is 0 Å². The van der Waals surface area contributed by atoms with Gasteiger partial charge in [-0.3, -0.25) is 19.8 Å². The van der Waals surface area contributed by atoms with Crippen LogP contribution in [0.2, 0.25) is 0 Å². The van der Waals surface area contributed by atoms with Gasteiger partial charge in [-0.2, -0.15) is 0 Å². The Morgan fingerprint density at radius 2 is 1.88 bits per heavy atom. The first-order valence-electron chi connectivity index (χ1n) is 10.9. The lowest BCUT2D eigenvalue weighted by Crippen LogP contribution is -2.53. The van der Waals surface area contributed by atoms with E-state index in [9.17, 15) is 14.4 Å². The van der Waals surface area contributed by atoms with Gasteiger partial charge < -0.3 is 26.8 Å². The number of benzene rings is 1. The number of carbonyl (C=O) groups excluding carboxylic acids is 3. The fraction of sp³-hybridized carbons (Fsp3) is 0.571. The third kappa shape index (κ3) is 10.2. The molecular formula is C21H34N6O4S2. The molecule has 0 aliphatic carbocycles. The van der Waals surface area contributed by atoms with E-state index in [4.69, 9.17) is 21.9 Å². The summed E-state index contributed by atoms with van der Waals surface area (Å²) in [4.78, 5) is 41.2. The number of primary amides is 1. The molecule has 0 bridgehead atoms. The molecule has 1 aromatic rings. The van der Waals surface area contributed by atoms with E-state index in [2.05, 4.69) is 5.32 Å². The fourth-order valence-corrected chi connectivity index (χ4v) is 5.44. The molecule has 7 N–H and O–H groups in total. The van der Waals surface area contributed by atoms with E-state index >= 15 is 0 Å². The van der Waals surface area contributed by atoms with Crippen molar-refractivity contribution in [3.05, 3.63) is 35.9 Å². The zero-order valence-electron chi connectivity index (χ0n) is 18.7. The van der Waals surface area contributed by atoms with Gasteiger partial charge in [0.2, 0.25) is 11.8 Å². The van der Waals surface area contributed by atoms with Crippen LogP contribution < -0.4 is 22.5 Å². The molecule has 3 amide bonds. The Labute approximate surface area is 202 Å². The minimum absolute atomic E-state index is 0.107. The van der Waals surface area contributed by atoms with E-state index in [1.807, 2.05) is 30.3 Å². The number of rotatable bonds is 9. The average molecular weight is 499 g/mol. The largest absolute Gasteiger partial charge is 0.445 e. The second-order valence-electron chi connectivity index (χ2n) is 7.60. The second-order valence-corrected chi connectivity index (χ2v) is 10.3. The molecule has 1 atom stereocenters. The maximum absolute atomic E-state index is 13.5. The van der Waals surface area contributed by atoms with Crippen molar-refractivity contribution in [2.45, 2.75) is 38.2 Å².